The van der Waals surface area contributed by atoms with E-state index in [9.17, 15) is 0 Å². The quantitative estimate of drug-likeness (QED) is 0.405. The molecule has 2 aromatic heterocycles. The summed E-state index contributed by atoms with van der Waals surface area (Å²) in [4.78, 5) is 7.31. The van der Waals surface area contributed by atoms with Gasteiger partial charge in [-0.1, -0.05) is 66.7 Å². The van der Waals surface area contributed by atoms with E-state index in [0.717, 1.165) is 0 Å². The van der Waals surface area contributed by atoms with Crippen LogP contribution in [0, 0.1) is 0 Å². The highest BCUT2D eigenvalue weighted by atomic mass is 14.8. The molecule has 126 valence electrons. The van der Waals surface area contributed by atoms with Crippen molar-refractivity contribution in [3.63, 3.8) is 0 Å². The molecule has 26 heavy (non-hydrogen) atoms. The van der Waals surface area contributed by atoms with Crippen molar-refractivity contribution in [3.05, 3.63) is 108 Å². The summed E-state index contributed by atoms with van der Waals surface area (Å²) < 4.78 is 0. The molecule has 0 spiro atoms. The summed E-state index contributed by atoms with van der Waals surface area (Å²) in [5, 5.41) is 2.47. The molecular weight excluding hydrogens is 316 g/mol. The van der Waals surface area contributed by atoms with Crippen LogP contribution < -0.4 is 0 Å². The molecule has 0 aliphatic heterocycles. The minimum atomic E-state index is -0.292. The molecule has 0 unspecified atom stereocenters. The van der Waals surface area contributed by atoms with Crippen molar-refractivity contribution in [2.75, 3.05) is 0 Å². The van der Waals surface area contributed by atoms with E-state index < -0.39 is 0 Å². The molecule has 0 fully saturated rings. The first-order valence-corrected chi connectivity index (χ1v) is 8.97. The summed E-state index contributed by atoms with van der Waals surface area (Å²) in [5.41, 5.74) is 5.69. The van der Waals surface area contributed by atoms with Crippen molar-refractivity contribution in [1.82, 2.24) is 9.97 Å². The lowest BCUT2D eigenvalue weighted by atomic mass is 9.76. The van der Waals surface area contributed by atoms with Gasteiger partial charge in [-0.05, 0) is 47.5 Å². The van der Waals surface area contributed by atoms with E-state index in [-0.39, 0.29) is 5.41 Å². The molecule has 0 bridgehead atoms. The molecule has 0 atom stereocenters. The zero-order chi connectivity index (χ0) is 17.6. The molecule has 0 aliphatic carbocycles. The minimum Gasteiger partial charge on any atom is -0.357 e. The Hall–Kier alpha value is -3.26. The summed E-state index contributed by atoms with van der Waals surface area (Å²) >= 11 is 0. The highest BCUT2D eigenvalue weighted by Crippen LogP contribution is 2.40. The maximum absolute atomic E-state index is 3.66. The average molecular weight is 336 g/mol. The molecule has 0 aliphatic rings. The molecule has 0 radical (unpaired) electrons. The molecular formula is C24H20N2. The fourth-order valence-electron chi connectivity index (χ4n) is 3.91. The standard InChI is InChI=1S/C24H20N2/c1-24(19-11-3-2-4-12-19,22-15-17-9-5-7-13-20(17)25-22)23-16-18-10-6-8-14-21(18)26-23/h2-16,25-26H,1H3. The van der Waals surface area contributed by atoms with Crippen LogP contribution in [0.5, 0.6) is 0 Å². The van der Waals surface area contributed by atoms with Gasteiger partial charge in [-0.2, -0.15) is 0 Å². The van der Waals surface area contributed by atoms with Crippen LogP contribution in [-0.4, -0.2) is 9.97 Å². The smallest absolute Gasteiger partial charge is 0.0724 e. The molecule has 0 saturated carbocycles. The van der Waals surface area contributed by atoms with Gasteiger partial charge in [0, 0.05) is 22.4 Å². The highest BCUT2D eigenvalue weighted by molar-refractivity contribution is 5.83. The lowest BCUT2D eigenvalue weighted by molar-refractivity contribution is 0.654. The van der Waals surface area contributed by atoms with Gasteiger partial charge in [-0.3, -0.25) is 0 Å². The van der Waals surface area contributed by atoms with Crippen LogP contribution in [0.2, 0.25) is 0 Å². The van der Waals surface area contributed by atoms with Gasteiger partial charge in [0.05, 0.1) is 5.41 Å². The van der Waals surface area contributed by atoms with Crippen molar-refractivity contribution >= 4 is 21.8 Å². The Morgan fingerprint density at radius 2 is 1.04 bits per heavy atom. The van der Waals surface area contributed by atoms with Gasteiger partial charge >= 0.3 is 0 Å². The highest BCUT2D eigenvalue weighted by Gasteiger charge is 2.34. The first-order valence-electron chi connectivity index (χ1n) is 8.97. The second kappa shape index (κ2) is 5.63. The first kappa shape index (κ1) is 15.0. The zero-order valence-electron chi connectivity index (χ0n) is 14.7. The first-order chi connectivity index (χ1) is 12.7. The van der Waals surface area contributed by atoms with Crippen molar-refractivity contribution in [1.29, 1.82) is 0 Å². The molecule has 5 aromatic rings. The SMILES string of the molecule is CC(c1ccccc1)(c1cc2ccccc2[nH]1)c1cc2ccccc2[nH]1. The number of rotatable bonds is 3. The van der Waals surface area contributed by atoms with Crippen LogP contribution in [0.25, 0.3) is 21.8 Å². The second-order valence-electron chi connectivity index (χ2n) is 7.03. The molecule has 2 heteroatoms. The lowest BCUT2D eigenvalue weighted by Crippen LogP contribution is -2.26. The molecule has 0 amide bonds. The normalized spacial score (nSPS) is 12.0. The van der Waals surface area contributed by atoms with E-state index in [1.165, 1.54) is 38.8 Å². The van der Waals surface area contributed by atoms with Crippen LogP contribution >= 0.6 is 0 Å². The third-order valence-corrected chi connectivity index (χ3v) is 5.49. The van der Waals surface area contributed by atoms with Crippen molar-refractivity contribution in [3.8, 4) is 0 Å². The Balaban J connectivity index is 1.80. The largest absolute Gasteiger partial charge is 0.357 e. The average Bonchev–Trinajstić information content (AvgIpc) is 3.32. The molecule has 2 nitrogen and oxygen atoms in total. The summed E-state index contributed by atoms with van der Waals surface area (Å²) in [5.74, 6) is 0. The Kier molecular flexibility index (Phi) is 3.26. The molecule has 5 rings (SSSR count). The van der Waals surface area contributed by atoms with Gasteiger partial charge in [0.25, 0.3) is 0 Å². The van der Waals surface area contributed by atoms with Gasteiger partial charge in [0.15, 0.2) is 0 Å². The maximum Gasteiger partial charge on any atom is 0.0724 e. The van der Waals surface area contributed by atoms with Gasteiger partial charge < -0.3 is 9.97 Å². The van der Waals surface area contributed by atoms with Crippen LogP contribution in [-0.2, 0) is 5.41 Å². The number of nitrogens with one attached hydrogen (secondary N) is 2. The van der Waals surface area contributed by atoms with E-state index in [1.807, 2.05) is 0 Å². The Bertz CT molecular complexity index is 1050. The fourth-order valence-corrected chi connectivity index (χ4v) is 3.91. The van der Waals surface area contributed by atoms with Crippen molar-refractivity contribution < 1.29 is 0 Å². The number of para-hydroxylation sites is 2. The number of hydrogen-bond donors (Lipinski definition) is 2. The van der Waals surface area contributed by atoms with E-state index in [4.69, 9.17) is 0 Å². The molecule has 2 heterocycles. The van der Waals surface area contributed by atoms with Gasteiger partial charge in [-0.25, -0.2) is 0 Å². The number of H-pyrrole nitrogens is 2. The fraction of sp³-hybridized carbons (Fsp3) is 0.0833. The Morgan fingerprint density at radius 3 is 1.54 bits per heavy atom. The number of fused-ring (bicyclic) bond motifs is 2. The van der Waals surface area contributed by atoms with Crippen LogP contribution in [0.4, 0.5) is 0 Å². The Morgan fingerprint density at radius 1 is 0.577 bits per heavy atom. The third kappa shape index (κ3) is 2.19. The van der Waals surface area contributed by atoms with Crippen molar-refractivity contribution in [2.45, 2.75) is 12.3 Å². The van der Waals surface area contributed by atoms with E-state index in [1.54, 1.807) is 0 Å². The van der Waals surface area contributed by atoms with E-state index in [0.29, 0.717) is 0 Å². The minimum absolute atomic E-state index is 0.292. The predicted octanol–water partition coefficient (Wildman–Crippen LogP) is 6.00. The van der Waals surface area contributed by atoms with E-state index >= 15 is 0 Å². The summed E-state index contributed by atoms with van der Waals surface area (Å²) in [6.45, 7) is 2.29. The molecule has 0 saturated heterocycles. The monoisotopic (exact) mass is 336 g/mol. The van der Waals surface area contributed by atoms with Crippen LogP contribution in [0.15, 0.2) is 91.0 Å². The number of hydrogen-bond acceptors (Lipinski definition) is 0. The van der Waals surface area contributed by atoms with Gasteiger partial charge in [0.1, 0.15) is 0 Å². The summed E-state index contributed by atoms with van der Waals surface area (Å²) in [6, 6.07) is 32.2. The predicted molar refractivity (Wildman–Crippen MR) is 109 cm³/mol. The number of aromatic amines is 2. The third-order valence-electron chi connectivity index (χ3n) is 5.49. The molecule has 2 N–H and O–H groups in total. The summed E-state index contributed by atoms with van der Waals surface area (Å²) in [6.07, 6.45) is 0. The maximum atomic E-state index is 3.66. The lowest BCUT2D eigenvalue weighted by Gasteiger charge is -2.28. The zero-order valence-corrected chi connectivity index (χ0v) is 14.7. The topological polar surface area (TPSA) is 31.6 Å². The molecule has 3 aromatic carbocycles. The van der Waals surface area contributed by atoms with Gasteiger partial charge in [0.2, 0.25) is 0 Å². The summed E-state index contributed by atoms with van der Waals surface area (Å²) in [7, 11) is 0. The number of benzene rings is 3. The van der Waals surface area contributed by atoms with Crippen LogP contribution in [0.1, 0.15) is 23.9 Å². The second-order valence-corrected chi connectivity index (χ2v) is 7.03. The van der Waals surface area contributed by atoms with E-state index in [2.05, 4.69) is 108 Å². The number of aromatic nitrogens is 2. The van der Waals surface area contributed by atoms with Crippen LogP contribution in [0.3, 0.4) is 0 Å². The Labute approximate surface area is 152 Å². The van der Waals surface area contributed by atoms with Gasteiger partial charge in [-0.15, -0.1) is 0 Å². The van der Waals surface area contributed by atoms with Crippen molar-refractivity contribution in [2.24, 2.45) is 0 Å².